The minimum absolute atomic E-state index is 0.0833. The van der Waals surface area contributed by atoms with Gasteiger partial charge in [0.2, 0.25) is 0 Å². The summed E-state index contributed by atoms with van der Waals surface area (Å²) in [5, 5.41) is 0. The summed E-state index contributed by atoms with van der Waals surface area (Å²) < 4.78 is 33.0. The fourth-order valence-electron chi connectivity index (χ4n) is 3.24. The normalized spacial score (nSPS) is 21.3. The van der Waals surface area contributed by atoms with Crippen molar-refractivity contribution in [3.8, 4) is 0 Å². The number of hydrogen-bond acceptors (Lipinski definition) is 5. The number of anilines is 2. The molecule has 0 N–H and O–H groups in total. The van der Waals surface area contributed by atoms with Gasteiger partial charge < -0.3 is 4.74 Å². The fourth-order valence-corrected chi connectivity index (χ4v) is 4.90. The number of rotatable bonds is 3. The highest BCUT2D eigenvalue weighted by molar-refractivity contribution is 7.94. The molecule has 0 spiro atoms. The van der Waals surface area contributed by atoms with Crippen LogP contribution in [0.15, 0.2) is 24.3 Å². The third-order valence-electron chi connectivity index (χ3n) is 4.52. The summed E-state index contributed by atoms with van der Waals surface area (Å²) in [5.74, 6) is -0.262. The Bertz CT molecular complexity index is 698. The van der Waals surface area contributed by atoms with Gasteiger partial charge in [0.25, 0.3) is 0 Å². The van der Waals surface area contributed by atoms with Gasteiger partial charge in [-0.3, -0.25) is 14.0 Å². The quantitative estimate of drug-likeness (QED) is 0.763. The van der Waals surface area contributed by atoms with Crippen LogP contribution in [0.5, 0.6) is 0 Å². The van der Waals surface area contributed by atoms with Crippen molar-refractivity contribution in [2.24, 2.45) is 0 Å². The molecule has 126 valence electrons. The fraction of sp³-hybridized carbons (Fsp3) is 0.533. The van der Waals surface area contributed by atoms with Crippen LogP contribution in [-0.2, 0) is 19.7 Å². The Hall–Kier alpha value is -1.80. The van der Waals surface area contributed by atoms with Crippen LogP contribution >= 0.6 is 0 Å². The minimum Gasteiger partial charge on any atom is -0.468 e. The second-order valence-electron chi connectivity index (χ2n) is 5.84. The van der Waals surface area contributed by atoms with E-state index in [0.29, 0.717) is 31.6 Å². The summed E-state index contributed by atoms with van der Waals surface area (Å²) in [4.78, 5) is 13.4. The highest BCUT2D eigenvalue weighted by atomic mass is 32.2. The molecule has 7 nitrogen and oxygen atoms in total. The topological polar surface area (TPSA) is 70.2 Å². The molecule has 0 unspecified atom stereocenters. The highest BCUT2D eigenvalue weighted by Crippen LogP contribution is 2.42. The summed E-state index contributed by atoms with van der Waals surface area (Å²) in [5.41, 5.74) is 1.45. The molecule has 0 amide bonds. The lowest BCUT2D eigenvalue weighted by Crippen LogP contribution is -2.49. The molecule has 0 radical (unpaired) electrons. The summed E-state index contributed by atoms with van der Waals surface area (Å²) in [7, 11) is -0.556. The first kappa shape index (κ1) is 16.1. The molecular weight excluding hydrogens is 318 g/mol. The van der Waals surface area contributed by atoms with Crippen LogP contribution in [0.25, 0.3) is 0 Å². The molecule has 1 fully saturated rings. The summed E-state index contributed by atoms with van der Waals surface area (Å²) in [6, 6.07) is 7.27. The molecule has 0 bridgehead atoms. The van der Waals surface area contributed by atoms with Crippen LogP contribution in [-0.4, -0.2) is 59.1 Å². The molecule has 1 saturated heterocycles. The van der Waals surface area contributed by atoms with Crippen LogP contribution in [0, 0.1) is 0 Å². The predicted octanol–water partition coefficient (Wildman–Crippen LogP) is 0.825. The van der Waals surface area contributed by atoms with Gasteiger partial charge in [-0.15, -0.1) is 0 Å². The first-order valence-electron chi connectivity index (χ1n) is 7.61. The van der Waals surface area contributed by atoms with E-state index in [4.69, 9.17) is 0 Å². The lowest BCUT2D eigenvalue weighted by molar-refractivity contribution is -0.142. The number of methoxy groups -OCH3 is 1. The van der Waals surface area contributed by atoms with Crippen molar-refractivity contribution >= 4 is 27.6 Å². The van der Waals surface area contributed by atoms with Crippen molar-refractivity contribution in [1.29, 1.82) is 0 Å². The number of carbonyl (C=O) groups excluding carboxylic acids is 1. The third kappa shape index (κ3) is 2.76. The zero-order valence-corrected chi connectivity index (χ0v) is 14.1. The van der Waals surface area contributed by atoms with Gasteiger partial charge in [0.15, 0.2) is 0 Å². The molecule has 1 aromatic rings. The van der Waals surface area contributed by atoms with E-state index in [1.165, 1.54) is 15.7 Å². The Kier molecular flexibility index (Phi) is 4.20. The van der Waals surface area contributed by atoms with E-state index < -0.39 is 10.2 Å². The molecule has 0 atom stereocenters. The number of ether oxygens (including phenoxy) is 1. The average Bonchev–Trinajstić information content (AvgIpc) is 2.75. The molecule has 2 aliphatic heterocycles. The largest absolute Gasteiger partial charge is 0.468 e. The number of fused-ring (bicyclic) bond motifs is 1. The number of likely N-dealkylation sites (tertiary alicyclic amines) is 1. The molecular formula is C15H21N3O4S. The van der Waals surface area contributed by atoms with Gasteiger partial charge in [0.05, 0.1) is 25.0 Å². The maximum atomic E-state index is 12.7. The number of benzene rings is 1. The monoisotopic (exact) mass is 339 g/mol. The number of carbonyl (C=O) groups is 1. The van der Waals surface area contributed by atoms with Crippen LogP contribution in [0.3, 0.4) is 0 Å². The van der Waals surface area contributed by atoms with E-state index >= 15 is 0 Å². The Balaban J connectivity index is 1.77. The van der Waals surface area contributed by atoms with E-state index in [-0.39, 0.29) is 18.6 Å². The smallest absolute Gasteiger partial charge is 0.326 e. The van der Waals surface area contributed by atoms with Gasteiger partial charge in [0.1, 0.15) is 0 Å². The first-order valence-corrected chi connectivity index (χ1v) is 9.01. The van der Waals surface area contributed by atoms with Gasteiger partial charge in [-0.05, 0) is 25.0 Å². The number of esters is 1. The molecule has 0 saturated carbocycles. The molecule has 3 rings (SSSR count). The predicted molar refractivity (Wildman–Crippen MR) is 87.7 cm³/mol. The SMILES string of the molecule is COC(=O)CN1CCC(N2c3ccccc3N(C)S2(=O)=O)CC1. The van der Waals surface area contributed by atoms with E-state index in [0.717, 1.165) is 5.69 Å². The lowest BCUT2D eigenvalue weighted by atomic mass is 10.0. The number of nitrogens with zero attached hydrogens (tertiary/aromatic N) is 3. The Morgan fingerprint density at radius 2 is 1.83 bits per heavy atom. The standard InChI is InChI=1S/C15H21N3O4S/c1-16-13-5-3-4-6-14(13)18(23(16,20)21)12-7-9-17(10-8-12)11-15(19)22-2/h3-6,12H,7-11H2,1-2H3. The van der Waals surface area contributed by atoms with E-state index in [1.54, 1.807) is 7.05 Å². The number of hydrogen-bond donors (Lipinski definition) is 0. The lowest BCUT2D eigenvalue weighted by Gasteiger charge is -2.36. The van der Waals surface area contributed by atoms with Crippen molar-refractivity contribution in [1.82, 2.24) is 4.90 Å². The summed E-state index contributed by atoms with van der Waals surface area (Å²) >= 11 is 0. The maximum Gasteiger partial charge on any atom is 0.326 e. The van der Waals surface area contributed by atoms with Crippen molar-refractivity contribution < 1.29 is 17.9 Å². The molecule has 23 heavy (non-hydrogen) atoms. The number of piperidine rings is 1. The molecule has 0 aliphatic carbocycles. The summed E-state index contributed by atoms with van der Waals surface area (Å²) in [6.07, 6.45) is 1.39. The summed E-state index contributed by atoms with van der Waals surface area (Å²) in [6.45, 7) is 1.61. The van der Waals surface area contributed by atoms with Crippen LogP contribution < -0.4 is 8.61 Å². The van der Waals surface area contributed by atoms with Gasteiger partial charge in [-0.2, -0.15) is 8.42 Å². The molecule has 8 heteroatoms. The van der Waals surface area contributed by atoms with Crippen molar-refractivity contribution in [2.75, 3.05) is 42.4 Å². The van der Waals surface area contributed by atoms with Crippen LogP contribution in [0.4, 0.5) is 11.4 Å². The second-order valence-corrected chi connectivity index (χ2v) is 7.68. The first-order chi connectivity index (χ1) is 10.9. The minimum atomic E-state index is -3.51. The zero-order valence-electron chi connectivity index (χ0n) is 13.3. The number of para-hydroxylation sites is 2. The molecule has 0 aromatic heterocycles. The Morgan fingerprint density at radius 1 is 1.22 bits per heavy atom. The van der Waals surface area contributed by atoms with Gasteiger partial charge in [0, 0.05) is 26.2 Å². The van der Waals surface area contributed by atoms with Crippen molar-refractivity contribution in [3.05, 3.63) is 24.3 Å². The van der Waals surface area contributed by atoms with Gasteiger partial charge in [-0.1, -0.05) is 12.1 Å². The van der Waals surface area contributed by atoms with E-state index in [9.17, 15) is 13.2 Å². The van der Waals surface area contributed by atoms with Crippen LogP contribution in [0.1, 0.15) is 12.8 Å². The van der Waals surface area contributed by atoms with Gasteiger partial charge in [-0.25, -0.2) is 4.31 Å². The molecule has 2 aliphatic rings. The molecule has 2 heterocycles. The van der Waals surface area contributed by atoms with Crippen molar-refractivity contribution in [2.45, 2.75) is 18.9 Å². The zero-order chi connectivity index (χ0) is 16.6. The van der Waals surface area contributed by atoms with E-state index in [2.05, 4.69) is 4.74 Å². The van der Waals surface area contributed by atoms with E-state index in [1.807, 2.05) is 29.2 Å². The van der Waals surface area contributed by atoms with Crippen LogP contribution in [0.2, 0.25) is 0 Å². The average molecular weight is 339 g/mol. The maximum absolute atomic E-state index is 12.7. The molecule has 1 aromatic carbocycles. The Labute approximate surface area is 136 Å². The second kappa shape index (κ2) is 6.01. The van der Waals surface area contributed by atoms with Gasteiger partial charge >= 0.3 is 16.2 Å². The van der Waals surface area contributed by atoms with Crippen molar-refractivity contribution in [3.63, 3.8) is 0 Å². The third-order valence-corrected chi connectivity index (χ3v) is 6.40. The Morgan fingerprint density at radius 3 is 2.43 bits per heavy atom. The highest BCUT2D eigenvalue weighted by Gasteiger charge is 2.42.